The van der Waals surface area contributed by atoms with Crippen LogP contribution in [0.2, 0.25) is 0 Å². The maximum Gasteiger partial charge on any atom is 0.159 e. The van der Waals surface area contributed by atoms with Crippen LogP contribution in [0.25, 0.3) is 0 Å². The quantitative estimate of drug-likeness (QED) is 0.474. The summed E-state index contributed by atoms with van der Waals surface area (Å²) in [7, 11) is 0. The lowest BCUT2D eigenvalue weighted by Crippen LogP contribution is -1.90. The zero-order valence-corrected chi connectivity index (χ0v) is 7.16. The Bertz CT molecular complexity index is 412. The molecule has 0 bridgehead atoms. The molecule has 2 nitrogen and oxygen atoms in total. The average molecular weight is 169 g/mol. The number of hydrogen-bond acceptors (Lipinski definition) is 2. The van der Waals surface area contributed by atoms with E-state index < -0.39 is 0 Å². The van der Waals surface area contributed by atoms with Crippen molar-refractivity contribution in [3.63, 3.8) is 0 Å². The highest BCUT2D eigenvalue weighted by Gasteiger charge is 1.96. The first-order valence-corrected chi connectivity index (χ1v) is 3.75. The summed E-state index contributed by atoms with van der Waals surface area (Å²) in [5.74, 6) is 4.95. The van der Waals surface area contributed by atoms with Crippen molar-refractivity contribution in [1.82, 2.24) is 0 Å². The first-order valence-electron chi connectivity index (χ1n) is 3.75. The minimum atomic E-state index is 0.0276. The molecule has 0 heterocycles. The minimum Gasteiger partial charge on any atom is -0.295 e. The van der Waals surface area contributed by atoms with Gasteiger partial charge in [-0.3, -0.25) is 4.79 Å². The van der Waals surface area contributed by atoms with E-state index >= 15 is 0 Å². The molecule has 1 rings (SSSR count). The third-order valence-corrected chi connectivity index (χ3v) is 1.55. The number of carbonyl (C=O) groups is 1. The molecule has 13 heavy (non-hydrogen) atoms. The Labute approximate surface area is 76.8 Å². The van der Waals surface area contributed by atoms with Crippen LogP contribution in [0.3, 0.4) is 0 Å². The molecule has 1 aromatic rings. The lowest BCUT2D eigenvalue weighted by Gasteiger charge is -1.93. The van der Waals surface area contributed by atoms with Crippen molar-refractivity contribution in [2.75, 3.05) is 0 Å². The summed E-state index contributed by atoms with van der Waals surface area (Å²) in [6.45, 7) is 1.51. The van der Waals surface area contributed by atoms with Gasteiger partial charge in [0.15, 0.2) is 11.9 Å². The molecular formula is C11H7NO. The summed E-state index contributed by atoms with van der Waals surface area (Å²) >= 11 is 0. The number of ketones is 1. The lowest BCUT2D eigenvalue weighted by atomic mass is 10.1. The Morgan fingerprint density at radius 2 is 1.92 bits per heavy atom. The minimum absolute atomic E-state index is 0.0276. The van der Waals surface area contributed by atoms with Crippen LogP contribution in [0.15, 0.2) is 24.3 Å². The van der Waals surface area contributed by atoms with Crippen molar-refractivity contribution in [3.05, 3.63) is 35.4 Å². The van der Waals surface area contributed by atoms with Gasteiger partial charge in [0.05, 0.1) is 0 Å². The van der Waals surface area contributed by atoms with Gasteiger partial charge in [-0.05, 0) is 19.1 Å². The van der Waals surface area contributed by atoms with Gasteiger partial charge in [0, 0.05) is 17.0 Å². The summed E-state index contributed by atoms with van der Waals surface area (Å²) in [6.07, 6.45) is 0. The number of nitriles is 1. The first kappa shape index (κ1) is 9.03. The summed E-state index contributed by atoms with van der Waals surface area (Å²) in [5.41, 5.74) is 1.40. The van der Waals surface area contributed by atoms with Gasteiger partial charge in [-0.25, -0.2) is 0 Å². The van der Waals surface area contributed by atoms with E-state index in [1.807, 2.05) is 0 Å². The molecule has 0 atom stereocenters. The maximum absolute atomic E-state index is 10.9. The van der Waals surface area contributed by atoms with Crippen molar-refractivity contribution in [2.24, 2.45) is 0 Å². The van der Waals surface area contributed by atoms with E-state index in [2.05, 4.69) is 11.8 Å². The molecule has 2 heteroatoms. The van der Waals surface area contributed by atoms with E-state index in [1.165, 1.54) is 6.92 Å². The van der Waals surface area contributed by atoms with Crippen LogP contribution in [0, 0.1) is 23.2 Å². The molecule has 0 spiro atoms. The van der Waals surface area contributed by atoms with Gasteiger partial charge in [0.25, 0.3) is 0 Å². The van der Waals surface area contributed by atoms with Gasteiger partial charge in [-0.15, -0.1) is 0 Å². The smallest absolute Gasteiger partial charge is 0.159 e. The number of Topliss-reactive ketones (excluding diaryl/α,β-unsaturated/α-hetero) is 1. The van der Waals surface area contributed by atoms with Crippen molar-refractivity contribution in [2.45, 2.75) is 6.92 Å². The van der Waals surface area contributed by atoms with E-state index in [-0.39, 0.29) is 5.78 Å². The Morgan fingerprint density at radius 3 is 2.38 bits per heavy atom. The zero-order chi connectivity index (χ0) is 9.68. The maximum atomic E-state index is 10.9. The fourth-order valence-electron chi connectivity index (χ4n) is 0.888. The third-order valence-electron chi connectivity index (χ3n) is 1.55. The zero-order valence-electron chi connectivity index (χ0n) is 7.16. The summed E-state index contributed by atoms with van der Waals surface area (Å²) in [4.78, 5) is 10.9. The number of rotatable bonds is 1. The monoisotopic (exact) mass is 169 g/mol. The molecule has 0 aliphatic rings. The van der Waals surface area contributed by atoms with E-state index in [9.17, 15) is 4.79 Å². The topological polar surface area (TPSA) is 40.9 Å². The van der Waals surface area contributed by atoms with Crippen molar-refractivity contribution < 1.29 is 4.79 Å². The molecule has 0 saturated heterocycles. The van der Waals surface area contributed by atoms with Crippen LogP contribution < -0.4 is 0 Å². The molecule has 0 aliphatic heterocycles. The van der Waals surface area contributed by atoms with Crippen LogP contribution in [-0.2, 0) is 0 Å². The standard InChI is InChI=1S/C11H7NO/c1-9(13)11-6-4-10(5-7-11)3-2-8-12/h4-7H,1H3. The van der Waals surface area contributed by atoms with Crippen molar-refractivity contribution >= 4 is 5.78 Å². The molecule has 0 saturated carbocycles. The van der Waals surface area contributed by atoms with Gasteiger partial charge in [0.1, 0.15) is 0 Å². The molecule has 0 unspecified atom stereocenters. The largest absolute Gasteiger partial charge is 0.295 e. The molecule has 0 N–H and O–H groups in total. The van der Waals surface area contributed by atoms with Crippen LogP contribution in [0.5, 0.6) is 0 Å². The van der Waals surface area contributed by atoms with Crippen LogP contribution in [0.1, 0.15) is 22.8 Å². The van der Waals surface area contributed by atoms with E-state index in [0.29, 0.717) is 5.56 Å². The first-order chi connectivity index (χ1) is 6.24. The second-order valence-corrected chi connectivity index (χ2v) is 2.50. The highest BCUT2D eigenvalue weighted by molar-refractivity contribution is 5.94. The molecule has 0 radical (unpaired) electrons. The third kappa shape index (κ3) is 2.47. The lowest BCUT2D eigenvalue weighted by molar-refractivity contribution is 0.101. The number of benzene rings is 1. The molecule has 1 aromatic carbocycles. The van der Waals surface area contributed by atoms with Crippen LogP contribution >= 0.6 is 0 Å². The van der Waals surface area contributed by atoms with Crippen LogP contribution in [-0.4, -0.2) is 5.78 Å². The van der Waals surface area contributed by atoms with E-state index in [1.54, 1.807) is 30.3 Å². The van der Waals surface area contributed by atoms with Crippen molar-refractivity contribution in [1.29, 1.82) is 5.26 Å². The molecule has 0 amide bonds. The van der Waals surface area contributed by atoms with Gasteiger partial charge in [0.2, 0.25) is 0 Å². The summed E-state index contributed by atoms with van der Waals surface area (Å²) in [5, 5.41) is 8.19. The predicted molar refractivity (Wildman–Crippen MR) is 48.9 cm³/mol. The Balaban J connectivity index is 2.95. The average Bonchev–Trinajstić information content (AvgIpc) is 2.15. The second kappa shape index (κ2) is 4.09. The molecule has 0 fully saturated rings. The highest BCUT2D eigenvalue weighted by Crippen LogP contribution is 2.03. The Hall–Kier alpha value is -2.06. The van der Waals surface area contributed by atoms with Crippen molar-refractivity contribution in [3.8, 4) is 17.9 Å². The fourth-order valence-corrected chi connectivity index (χ4v) is 0.888. The highest BCUT2D eigenvalue weighted by atomic mass is 16.1. The van der Waals surface area contributed by atoms with E-state index in [4.69, 9.17) is 5.26 Å². The van der Waals surface area contributed by atoms with Gasteiger partial charge in [-0.2, -0.15) is 5.26 Å². The second-order valence-electron chi connectivity index (χ2n) is 2.50. The number of hydrogen-bond donors (Lipinski definition) is 0. The van der Waals surface area contributed by atoms with Gasteiger partial charge < -0.3 is 0 Å². The normalized spacial score (nSPS) is 8.00. The molecule has 62 valence electrons. The fraction of sp³-hybridized carbons (Fsp3) is 0.0909. The number of nitrogens with zero attached hydrogens (tertiary/aromatic N) is 1. The summed E-state index contributed by atoms with van der Waals surface area (Å²) < 4.78 is 0. The predicted octanol–water partition coefficient (Wildman–Crippen LogP) is 1.76. The number of carbonyl (C=O) groups excluding carboxylic acids is 1. The van der Waals surface area contributed by atoms with E-state index in [0.717, 1.165) is 5.56 Å². The van der Waals surface area contributed by atoms with Gasteiger partial charge >= 0.3 is 0 Å². The summed E-state index contributed by atoms with van der Waals surface area (Å²) in [6, 6.07) is 8.57. The van der Waals surface area contributed by atoms with Crippen LogP contribution in [0.4, 0.5) is 0 Å². The SMILES string of the molecule is CC(=O)c1ccc(C#CC#N)cc1. The Morgan fingerprint density at radius 1 is 1.31 bits per heavy atom. The molecule has 0 aromatic heterocycles. The van der Waals surface area contributed by atoms with Gasteiger partial charge in [-0.1, -0.05) is 18.1 Å². The molecule has 0 aliphatic carbocycles. The molecular weight excluding hydrogens is 162 g/mol. The Kier molecular flexibility index (Phi) is 2.84.